The normalized spacial score (nSPS) is 33.2. The summed E-state index contributed by atoms with van der Waals surface area (Å²) >= 11 is 1.80. The van der Waals surface area contributed by atoms with Crippen LogP contribution in [-0.2, 0) is 12.6 Å². The minimum absolute atomic E-state index is 0.202. The van der Waals surface area contributed by atoms with Gasteiger partial charge in [-0.3, -0.25) is 0 Å². The number of aromatic nitrogens is 3. The summed E-state index contributed by atoms with van der Waals surface area (Å²) in [6.45, 7) is 2.05. The summed E-state index contributed by atoms with van der Waals surface area (Å²) in [5, 5.41) is 18.9. The predicted octanol–water partition coefficient (Wildman–Crippen LogP) is 0.918. The summed E-state index contributed by atoms with van der Waals surface area (Å²) in [4.78, 5) is 1.50. The fraction of sp³-hybridized carbons (Fsp3) is 0.778. The van der Waals surface area contributed by atoms with Crippen LogP contribution >= 0.6 is 11.8 Å². The highest BCUT2D eigenvalue weighted by molar-refractivity contribution is 8.00. The molecule has 1 fully saturated rings. The Morgan fingerprint density at radius 1 is 1.71 bits per heavy atom. The molecule has 2 heterocycles. The average Bonchev–Trinajstić information content (AvgIpc) is 2.58. The van der Waals surface area contributed by atoms with Crippen molar-refractivity contribution in [2.24, 2.45) is 7.05 Å². The van der Waals surface area contributed by atoms with Crippen LogP contribution in [0.15, 0.2) is 6.20 Å². The van der Waals surface area contributed by atoms with Crippen molar-refractivity contribution in [3.8, 4) is 0 Å². The van der Waals surface area contributed by atoms with Gasteiger partial charge in [-0.2, -0.15) is 26.8 Å². The fourth-order valence-electron chi connectivity index (χ4n) is 1.82. The monoisotopic (exact) mass is 213 g/mol. The van der Waals surface area contributed by atoms with Gasteiger partial charge in [-0.05, 0) is 18.6 Å². The van der Waals surface area contributed by atoms with Crippen molar-refractivity contribution >= 4 is 11.8 Å². The van der Waals surface area contributed by atoms with Crippen LogP contribution in [0.1, 0.15) is 25.5 Å². The van der Waals surface area contributed by atoms with Crippen molar-refractivity contribution in [3.05, 3.63) is 11.9 Å². The third-order valence-corrected chi connectivity index (χ3v) is 4.20. The molecule has 2 unspecified atom stereocenters. The summed E-state index contributed by atoms with van der Waals surface area (Å²) in [6, 6.07) is 0. The molecule has 1 aromatic rings. The van der Waals surface area contributed by atoms with Crippen LogP contribution in [-0.4, -0.2) is 31.1 Å². The number of hydrogen-bond donors (Lipinski definition) is 1. The van der Waals surface area contributed by atoms with Crippen molar-refractivity contribution in [2.45, 2.75) is 30.6 Å². The first-order valence-corrected chi connectivity index (χ1v) is 5.88. The summed E-state index contributed by atoms with van der Waals surface area (Å²) in [7, 11) is 1.77. The Balaban J connectivity index is 2.29. The average molecular weight is 213 g/mol. The quantitative estimate of drug-likeness (QED) is 0.753. The predicted molar refractivity (Wildman–Crippen MR) is 56.1 cm³/mol. The molecule has 0 bridgehead atoms. The van der Waals surface area contributed by atoms with Crippen LogP contribution in [0.3, 0.4) is 0 Å². The fourth-order valence-corrected chi connectivity index (χ4v) is 3.00. The zero-order valence-corrected chi connectivity index (χ0v) is 9.29. The van der Waals surface area contributed by atoms with E-state index < -0.39 is 5.60 Å². The van der Waals surface area contributed by atoms with Gasteiger partial charge in [-0.25, -0.2) is 0 Å². The van der Waals surface area contributed by atoms with E-state index in [0.29, 0.717) is 5.69 Å². The van der Waals surface area contributed by atoms with Crippen LogP contribution in [0, 0.1) is 0 Å². The van der Waals surface area contributed by atoms with Crippen molar-refractivity contribution in [3.63, 3.8) is 0 Å². The number of aliphatic hydroxyl groups is 1. The van der Waals surface area contributed by atoms with E-state index in [9.17, 15) is 5.11 Å². The Kier molecular flexibility index (Phi) is 2.53. The lowest BCUT2D eigenvalue weighted by atomic mass is 9.91. The Labute approximate surface area is 87.7 Å². The van der Waals surface area contributed by atoms with Gasteiger partial charge in [0.2, 0.25) is 0 Å². The standard InChI is InChI=1S/C9H15N3OS/c1-7-9(13,4-3-5-14-7)8-6-10-12(2)11-8/h6-7,13H,3-5H2,1-2H3. The zero-order chi connectivity index (χ0) is 10.2. The molecule has 2 rings (SSSR count). The summed E-state index contributed by atoms with van der Waals surface area (Å²) < 4.78 is 0. The molecule has 0 radical (unpaired) electrons. The smallest absolute Gasteiger partial charge is 0.121 e. The molecule has 78 valence electrons. The minimum atomic E-state index is -0.781. The van der Waals surface area contributed by atoms with E-state index >= 15 is 0 Å². The van der Waals surface area contributed by atoms with Gasteiger partial charge in [0.25, 0.3) is 0 Å². The molecule has 14 heavy (non-hydrogen) atoms. The molecular weight excluding hydrogens is 198 g/mol. The van der Waals surface area contributed by atoms with Crippen LogP contribution in [0.25, 0.3) is 0 Å². The van der Waals surface area contributed by atoms with E-state index in [-0.39, 0.29) is 5.25 Å². The minimum Gasteiger partial charge on any atom is -0.382 e. The molecule has 0 aliphatic carbocycles. The molecule has 0 amide bonds. The second kappa shape index (κ2) is 3.55. The van der Waals surface area contributed by atoms with Crippen LogP contribution in [0.5, 0.6) is 0 Å². The number of thioether (sulfide) groups is 1. The van der Waals surface area contributed by atoms with Gasteiger partial charge in [0.05, 0.1) is 6.20 Å². The highest BCUT2D eigenvalue weighted by Crippen LogP contribution is 2.40. The van der Waals surface area contributed by atoms with Crippen LogP contribution in [0.4, 0.5) is 0 Å². The Morgan fingerprint density at radius 2 is 2.50 bits per heavy atom. The first kappa shape index (κ1) is 9.98. The molecule has 0 aromatic carbocycles. The first-order chi connectivity index (χ1) is 6.63. The molecular formula is C9H15N3OS. The number of nitrogens with zero attached hydrogens (tertiary/aromatic N) is 3. The molecule has 1 aliphatic heterocycles. The maximum atomic E-state index is 10.5. The lowest BCUT2D eigenvalue weighted by Gasteiger charge is -2.35. The van der Waals surface area contributed by atoms with Gasteiger partial charge in [0, 0.05) is 12.3 Å². The van der Waals surface area contributed by atoms with Gasteiger partial charge in [-0.15, -0.1) is 0 Å². The zero-order valence-electron chi connectivity index (χ0n) is 8.47. The van der Waals surface area contributed by atoms with Crippen molar-refractivity contribution in [1.82, 2.24) is 15.0 Å². The topological polar surface area (TPSA) is 50.9 Å². The van der Waals surface area contributed by atoms with Crippen molar-refractivity contribution in [1.29, 1.82) is 0 Å². The lowest BCUT2D eigenvalue weighted by molar-refractivity contribution is 0.0206. The molecule has 1 N–H and O–H groups in total. The van der Waals surface area contributed by atoms with E-state index in [2.05, 4.69) is 17.1 Å². The number of hydrogen-bond acceptors (Lipinski definition) is 4. The highest BCUT2D eigenvalue weighted by atomic mass is 32.2. The van der Waals surface area contributed by atoms with E-state index in [0.717, 1.165) is 18.6 Å². The van der Waals surface area contributed by atoms with E-state index in [1.165, 1.54) is 4.80 Å². The SMILES string of the molecule is CC1SCCCC1(O)c1cnn(C)n1. The van der Waals surface area contributed by atoms with Crippen LogP contribution in [0.2, 0.25) is 0 Å². The second-order valence-corrected chi connectivity index (χ2v) is 5.21. The van der Waals surface area contributed by atoms with Crippen LogP contribution < -0.4 is 0 Å². The maximum absolute atomic E-state index is 10.5. The van der Waals surface area contributed by atoms with Gasteiger partial charge in [0.1, 0.15) is 11.3 Å². The molecule has 2 atom stereocenters. The molecule has 1 aromatic heterocycles. The molecule has 5 heteroatoms. The van der Waals surface area contributed by atoms with Gasteiger partial charge < -0.3 is 5.11 Å². The van der Waals surface area contributed by atoms with Gasteiger partial charge in [0.15, 0.2) is 0 Å². The Hall–Kier alpha value is -0.550. The summed E-state index contributed by atoms with van der Waals surface area (Å²) in [5.41, 5.74) is -0.0725. The lowest BCUT2D eigenvalue weighted by Crippen LogP contribution is -2.39. The van der Waals surface area contributed by atoms with E-state index in [4.69, 9.17) is 0 Å². The summed E-state index contributed by atoms with van der Waals surface area (Å²) in [5.74, 6) is 1.13. The van der Waals surface area contributed by atoms with Gasteiger partial charge >= 0.3 is 0 Å². The molecule has 1 saturated heterocycles. The Bertz CT molecular complexity index is 328. The third kappa shape index (κ3) is 1.54. The van der Waals surface area contributed by atoms with Crippen molar-refractivity contribution < 1.29 is 5.11 Å². The molecule has 0 spiro atoms. The second-order valence-electron chi connectivity index (χ2n) is 3.76. The maximum Gasteiger partial charge on any atom is 0.121 e. The van der Waals surface area contributed by atoms with Crippen molar-refractivity contribution in [2.75, 3.05) is 5.75 Å². The highest BCUT2D eigenvalue weighted by Gasteiger charge is 2.40. The first-order valence-electron chi connectivity index (χ1n) is 4.84. The molecule has 0 saturated carbocycles. The largest absolute Gasteiger partial charge is 0.382 e. The molecule has 1 aliphatic rings. The third-order valence-electron chi connectivity index (χ3n) is 2.79. The van der Waals surface area contributed by atoms with Gasteiger partial charge in [-0.1, -0.05) is 6.92 Å². The van der Waals surface area contributed by atoms with E-state index in [1.807, 2.05) is 0 Å². The number of rotatable bonds is 1. The summed E-state index contributed by atoms with van der Waals surface area (Å²) in [6.07, 6.45) is 3.50. The molecule has 4 nitrogen and oxygen atoms in total. The number of aryl methyl sites for hydroxylation is 1. The van der Waals surface area contributed by atoms with E-state index in [1.54, 1.807) is 25.0 Å². The Morgan fingerprint density at radius 3 is 3.07 bits per heavy atom.